The highest BCUT2D eigenvalue weighted by molar-refractivity contribution is 5.77. The Labute approximate surface area is 193 Å². The topological polar surface area (TPSA) is 53.4 Å². The van der Waals surface area contributed by atoms with E-state index in [2.05, 4.69) is 57.5 Å². The van der Waals surface area contributed by atoms with Gasteiger partial charge < -0.3 is 5.32 Å². The zero-order valence-corrected chi connectivity index (χ0v) is 19.9. The SMILES string of the molecule is Cc1c(CN2CCCN(Cc3ccccc3)C3(CCCCC3)CC(=O)NCC2)cnn1C. The predicted molar refractivity (Wildman–Crippen MR) is 128 cm³/mol. The number of benzene rings is 1. The largest absolute Gasteiger partial charge is 0.355 e. The molecule has 1 amide bonds. The molecule has 1 saturated carbocycles. The van der Waals surface area contributed by atoms with Gasteiger partial charge in [0.2, 0.25) is 5.91 Å². The lowest BCUT2D eigenvalue weighted by Crippen LogP contribution is -2.52. The molecule has 1 spiro atoms. The molecule has 1 aromatic heterocycles. The predicted octanol–water partition coefficient (Wildman–Crippen LogP) is 3.65. The van der Waals surface area contributed by atoms with Crippen LogP contribution >= 0.6 is 0 Å². The highest BCUT2D eigenvalue weighted by Gasteiger charge is 2.39. The highest BCUT2D eigenvalue weighted by Crippen LogP contribution is 2.38. The molecule has 2 heterocycles. The fourth-order valence-corrected chi connectivity index (χ4v) is 5.51. The Morgan fingerprint density at radius 3 is 2.50 bits per heavy atom. The molecule has 2 aliphatic rings. The number of carbonyl (C=O) groups is 1. The molecule has 0 atom stereocenters. The van der Waals surface area contributed by atoms with Crippen molar-refractivity contribution >= 4 is 5.91 Å². The van der Waals surface area contributed by atoms with Gasteiger partial charge >= 0.3 is 0 Å². The van der Waals surface area contributed by atoms with Crippen LogP contribution in [0.4, 0.5) is 0 Å². The summed E-state index contributed by atoms with van der Waals surface area (Å²) in [6.07, 6.45) is 9.73. The van der Waals surface area contributed by atoms with Crippen LogP contribution in [0.3, 0.4) is 0 Å². The van der Waals surface area contributed by atoms with Gasteiger partial charge in [-0.05, 0) is 38.3 Å². The van der Waals surface area contributed by atoms with Crippen molar-refractivity contribution in [1.82, 2.24) is 24.9 Å². The maximum Gasteiger partial charge on any atom is 0.221 e. The van der Waals surface area contributed by atoms with Gasteiger partial charge in [0.25, 0.3) is 0 Å². The number of nitrogens with zero attached hydrogens (tertiary/aromatic N) is 4. The number of aromatic nitrogens is 2. The maximum atomic E-state index is 13.0. The Hall–Kier alpha value is -2.18. The zero-order valence-electron chi connectivity index (χ0n) is 19.9. The third-order valence-electron chi connectivity index (χ3n) is 7.54. The summed E-state index contributed by atoms with van der Waals surface area (Å²) < 4.78 is 1.94. The molecule has 0 unspecified atom stereocenters. The Morgan fingerprint density at radius 1 is 1.00 bits per heavy atom. The molecule has 1 N–H and O–H groups in total. The van der Waals surface area contributed by atoms with Crippen molar-refractivity contribution in [3.05, 3.63) is 53.3 Å². The van der Waals surface area contributed by atoms with Crippen molar-refractivity contribution in [2.45, 2.75) is 70.5 Å². The van der Waals surface area contributed by atoms with Gasteiger partial charge in [0.05, 0.1) is 6.20 Å². The molecule has 2 fully saturated rings. The molecule has 0 radical (unpaired) electrons. The minimum atomic E-state index is -0.00666. The monoisotopic (exact) mass is 437 g/mol. The van der Waals surface area contributed by atoms with Crippen LogP contribution in [0.15, 0.2) is 36.5 Å². The van der Waals surface area contributed by atoms with E-state index in [9.17, 15) is 4.79 Å². The first-order valence-electron chi connectivity index (χ1n) is 12.3. The van der Waals surface area contributed by atoms with Crippen LogP contribution in [0.1, 0.15) is 61.8 Å². The quantitative estimate of drug-likeness (QED) is 0.793. The van der Waals surface area contributed by atoms with E-state index >= 15 is 0 Å². The molecule has 6 heteroatoms. The molecule has 32 heavy (non-hydrogen) atoms. The lowest BCUT2D eigenvalue weighted by Gasteiger charge is -2.46. The molecule has 0 bridgehead atoms. The number of aryl methyl sites for hydroxylation is 1. The van der Waals surface area contributed by atoms with Gasteiger partial charge in [-0.3, -0.25) is 19.3 Å². The average Bonchev–Trinajstić information content (AvgIpc) is 3.10. The van der Waals surface area contributed by atoms with Gasteiger partial charge in [-0.25, -0.2) is 0 Å². The van der Waals surface area contributed by atoms with Gasteiger partial charge in [0.15, 0.2) is 0 Å². The third-order valence-corrected chi connectivity index (χ3v) is 7.54. The van der Waals surface area contributed by atoms with Crippen molar-refractivity contribution < 1.29 is 4.79 Å². The molecule has 6 nitrogen and oxygen atoms in total. The van der Waals surface area contributed by atoms with Crippen LogP contribution in [0, 0.1) is 6.92 Å². The Bertz CT molecular complexity index is 872. The molecule has 2 aromatic rings. The molecule has 4 rings (SSSR count). The minimum absolute atomic E-state index is 0.00666. The van der Waals surface area contributed by atoms with Crippen LogP contribution < -0.4 is 5.32 Å². The zero-order chi connectivity index (χ0) is 22.4. The normalized spacial score (nSPS) is 21.2. The number of hydrogen-bond donors (Lipinski definition) is 1. The van der Waals surface area contributed by atoms with Crippen molar-refractivity contribution in [2.24, 2.45) is 7.05 Å². The van der Waals surface area contributed by atoms with Crippen LogP contribution in [-0.4, -0.2) is 57.2 Å². The average molecular weight is 438 g/mol. The van der Waals surface area contributed by atoms with Gasteiger partial charge in [-0.2, -0.15) is 5.10 Å². The van der Waals surface area contributed by atoms with Crippen LogP contribution in [0.5, 0.6) is 0 Å². The fraction of sp³-hybridized carbons (Fsp3) is 0.615. The van der Waals surface area contributed by atoms with Crippen LogP contribution in [0.2, 0.25) is 0 Å². The number of amides is 1. The number of nitrogens with one attached hydrogen (secondary N) is 1. The summed E-state index contributed by atoms with van der Waals surface area (Å²) in [5.41, 5.74) is 3.83. The second-order valence-corrected chi connectivity index (χ2v) is 9.73. The molecule has 1 aliphatic carbocycles. The van der Waals surface area contributed by atoms with Gasteiger partial charge in [0, 0.05) is 63.0 Å². The minimum Gasteiger partial charge on any atom is -0.355 e. The summed E-state index contributed by atoms with van der Waals surface area (Å²) in [5, 5.41) is 7.66. The van der Waals surface area contributed by atoms with Gasteiger partial charge in [0.1, 0.15) is 0 Å². The molecular weight excluding hydrogens is 398 g/mol. The fourth-order valence-electron chi connectivity index (χ4n) is 5.51. The number of hydrogen-bond acceptors (Lipinski definition) is 4. The van der Waals surface area contributed by atoms with E-state index in [1.165, 1.54) is 36.1 Å². The summed E-state index contributed by atoms with van der Waals surface area (Å²) in [6.45, 7) is 7.61. The maximum absolute atomic E-state index is 13.0. The van der Waals surface area contributed by atoms with E-state index in [4.69, 9.17) is 0 Å². The second kappa shape index (κ2) is 10.6. The summed E-state index contributed by atoms with van der Waals surface area (Å²) >= 11 is 0. The van der Waals surface area contributed by atoms with Crippen LogP contribution in [0.25, 0.3) is 0 Å². The first-order valence-corrected chi connectivity index (χ1v) is 12.3. The Kier molecular flexibility index (Phi) is 7.63. The summed E-state index contributed by atoms with van der Waals surface area (Å²) in [4.78, 5) is 18.2. The third kappa shape index (κ3) is 5.59. The van der Waals surface area contributed by atoms with E-state index in [1.54, 1.807) is 0 Å². The molecule has 1 saturated heterocycles. The first kappa shape index (κ1) is 23.0. The molecular formula is C26H39N5O. The van der Waals surface area contributed by atoms with E-state index < -0.39 is 0 Å². The summed E-state index contributed by atoms with van der Waals surface area (Å²) in [5.74, 6) is 0.212. The summed E-state index contributed by atoms with van der Waals surface area (Å²) in [7, 11) is 2.00. The second-order valence-electron chi connectivity index (χ2n) is 9.73. The Morgan fingerprint density at radius 2 is 1.78 bits per heavy atom. The number of carbonyl (C=O) groups excluding carboxylic acids is 1. The highest BCUT2D eigenvalue weighted by atomic mass is 16.1. The van der Waals surface area contributed by atoms with E-state index in [1.807, 2.05) is 17.9 Å². The van der Waals surface area contributed by atoms with E-state index in [0.717, 1.165) is 52.0 Å². The van der Waals surface area contributed by atoms with Crippen molar-refractivity contribution in [3.63, 3.8) is 0 Å². The Balaban J connectivity index is 1.53. The van der Waals surface area contributed by atoms with E-state index in [-0.39, 0.29) is 11.4 Å². The van der Waals surface area contributed by atoms with Gasteiger partial charge in [-0.1, -0.05) is 49.6 Å². The van der Waals surface area contributed by atoms with Crippen molar-refractivity contribution in [1.29, 1.82) is 0 Å². The van der Waals surface area contributed by atoms with Crippen molar-refractivity contribution in [2.75, 3.05) is 26.2 Å². The number of rotatable bonds is 4. The van der Waals surface area contributed by atoms with E-state index in [0.29, 0.717) is 13.0 Å². The molecule has 1 aliphatic heterocycles. The molecule has 1 aromatic carbocycles. The molecule has 174 valence electrons. The van der Waals surface area contributed by atoms with Crippen LogP contribution in [-0.2, 0) is 24.9 Å². The summed E-state index contributed by atoms with van der Waals surface area (Å²) in [6, 6.07) is 10.8. The smallest absolute Gasteiger partial charge is 0.221 e. The van der Waals surface area contributed by atoms with Gasteiger partial charge in [-0.15, -0.1) is 0 Å². The lowest BCUT2D eigenvalue weighted by molar-refractivity contribution is -0.125. The van der Waals surface area contributed by atoms with Crippen molar-refractivity contribution in [3.8, 4) is 0 Å². The lowest BCUT2D eigenvalue weighted by atomic mass is 9.77. The first-order chi connectivity index (χ1) is 15.6. The standard InChI is InChI=1S/C26H39N5O/c1-22-24(19-28-29(22)2)21-30-15-9-16-31(20-23-10-5-3-6-11-23)26(12-7-4-8-13-26)18-25(32)27-14-17-30/h3,5-6,10-11,19H,4,7-9,12-18,20-21H2,1-2H3,(H,27,32).